The summed E-state index contributed by atoms with van der Waals surface area (Å²) in [6.07, 6.45) is -1.45. The standard InChI is InChI=1S/C20H30ClNOSi3/c1-24(2,3)26(21,25(4,5)6)17-22(19-15-11-8-12-16-19)20(23)18-13-9-7-10-14-18/h7-16H,17H2,1-6H3. The first-order chi connectivity index (χ1) is 12.0. The highest BCUT2D eigenvalue weighted by atomic mass is 35.6. The molecule has 2 aromatic carbocycles. The molecule has 0 fully saturated rings. The Labute approximate surface area is 165 Å². The summed E-state index contributed by atoms with van der Waals surface area (Å²) in [6, 6.07) is 19.5. The Bertz CT molecular complexity index is 725. The molecule has 0 saturated heterocycles. The molecule has 0 aliphatic carbocycles. The van der Waals surface area contributed by atoms with Gasteiger partial charge in [-0.1, -0.05) is 75.7 Å². The van der Waals surface area contributed by atoms with Crippen LogP contribution in [0.2, 0.25) is 39.3 Å². The van der Waals surface area contributed by atoms with Crippen molar-refractivity contribution in [3.8, 4) is 0 Å². The maximum Gasteiger partial charge on any atom is 0.258 e. The Hall–Kier alpha value is -1.15. The van der Waals surface area contributed by atoms with Crippen LogP contribution in [0, 0.1) is 0 Å². The first-order valence-corrected chi connectivity index (χ1v) is 21.3. The summed E-state index contributed by atoms with van der Waals surface area (Å²) in [5.41, 5.74) is 1.66. The fraction of sp³-hybridized carbons (Fsp3) is 0.350. The van der Waals surface area contributed by atoms with E-state index in [0.29, 0.717) is 6.17 Å². The Balaban J connectivity index is 2.53. The minimum Gasteiger partial charge on any atom is -0.310 e. The minimum atomic E-state index is -2.14. The number of hydrogen-bond acceptors (Lipinski definition) is 1. The summed E-state index contributed by atoms with van der Waals surface area (Å²) < 4.78 is 0. The van der Waals surface area contributed by atoms with Crippen molar-refractivity contribution in [3.63, 3.8) is 0 Å². The number of carbonyl (C=O) groups is 1. The summed E-state index contributed by atoms with van der Waals surface area (Å²) in [7, 11) is -3.23. The number of halogens is 1. The number of nitrogens with zero attached hydrogens (tertiary/aromatic N) is 1. The lowest BCUT2D eigenvalue weighted by molar-refractivity contribution is 0.0991. The van der Waals surface area contributed by atoms with Gasteiger partial charge in [-0.05, 0) is 24.3 Å². The zero-order chi connectivity index (χ0) is 19.6. The predicted octanol–water partition coefficient (Wildman–Crippen LogP) is 5.89. The smallest absolute Gasteiger partial charge is 0.258 e. The van der Waals surface area contributed by atoms with Crippen molar-refractivity contribution in [3.05, 3.63) is 66.2 Å². The van der Waals surface area contributed by atoms with E-state index in [1.54, 1.807) is 0 Å². The number of carbonyl (C=O) groups excluding carboxylic acids is 1. The van der Waals surface area contributed by atoms with E-state index in [1.807, 2.05) is 65.6 Å². The largest absolute Gasteiger partial charge is 0.310 e. The third-order valence-electron chi connectivity index (χ3n) is 5.09. The second-order valence-corrected chi connectivity index (χ2v) is 39.3. The molecule has 0 atom stereocenters. The number of hydrogen-bond donors (Lipinski definition) is 0. The maximum atomic E-state index is 13.4. The Morgan fingerprint density at radius 2 is 1.23 bits per heavy atom. The first kappa shape index (κ1) is 21.2. The summed E-state index contributed by atoms with van der Waals surface area (Å²) >= 11 is 7.54. The number of rotatable bonds is 6. The van der Waals surface area contributed by atoms with Gasteiger partial charge in [0.25, 0.3) is 5.91 Å². The first-order valence-electron chi connectivity index (χ1n) is 9.08. The van der Waals surface area contributed by atoms with Crippen molar-refractivity contribution in [1.29, 1.82) is 0 Å². The fourth-order valence-electron chi connectivity index (χ4n) is 3.44. The van der Waals surface area contributed by atoms with E-state index in [2.05, 4.69) is 39.3 Å². The van der Waals surface area contributed by atoms with E-state index < -0.39 is 21.6 Å². The van der Waals surface area contributed by atoms with Gasteiger partial charge in [-0.2, -0.15) is 11.1 Å². The zero-order valence-corrected chi connectivity index (χ0v) is 20.5. The van der Waals surface area contributed by atoms with Crippen molar-refractivity contribution in [2.75, 3.05) is 11.1 Å². The molecule has 0 aromatic heterocycles. The number of anilines is 1. The van der Waals surface area contributed by atoms with Crippen LogP contribution in [0.1, 0.15) is 10.4 Å². The molecule has 2 nitrogen and oxygen atoms in total. The van der Waals surface area contributed by atoms with E-state index in [-0.39, 0.29) is 5.91 Å². The molecule has 0 bridgehead atoms. The lowest BCUT2D eigenvalue weighted by Gasteiger charge is -2.47. The zero-order valence-electron chi connectivity index (χ0n) is 16.7. The highest BCUT2D eigenvalue weighted by Gasteiger charge is 2.55. The van der Waals surface area contributed by atoms with E-state index >= 15 is 0 Å². The van der Waals surface area contributed by atoms with Crippen molar-refractivity contribution in [2.24, 2.45) is 0 Å². The third kappa shape index (κ3) is 4.39. The number of amides is 1. The van der Waals surface area contributed by atoms with Gasteiger partial charge in [0.15, 0.2) is 6.42 Å². The van der Waals surface area contributed by atoms with Crippen LogP contribution in [-0.2, 0) is 0 Å². The molecule has 2 aromatic rings. The van der Waals surface area contributed by atoms with Crippen molar-refractivity contribution in [2.45, 2.75) is 39.3 Å². The highest BCUT2D eigenvalue weighted by Crippen LogP contribution is 2.35. The second-order valence-electron chi connectivity index (χ2n) is 8.89. The van der Waals surface area contributed by atoms with Crippen molar-refractivity contribution >= 4 is 44.3 Å². The van der Waals surface area contributed by atoms with E-state index in [9.17, 15) is 4.79 Å². The van der Waals surface area contributed by atoms with E-state index in [4.69, 9.17) is 11.1 Å². The SMILES string of the molecule is C[Si](C)(C)[Si](Cl)(CN(C(=O)c1ccccc1)c1ccccc1)[Si](C)(C)C. The van der Waals surface area contributed by atoms with Crippen LogP contribution in [0.3, 0.4) is 0 Å². The average Bonchev–Trinajstić information content (AvgIpc) is 2.58. The molecular weight excluding hydrogens is 390 g/mol. The third-order valence-corrected chi connectivity index (χ3v) is 49.9. The summed E-state index contributed by atoms with van der Waals surface area (Å²) in [4.78, 5) is 15.3. The van der Waals surface area contributed by atoms with Gasteiger partial charge in [0.05, 0.1) is 15.2 Å². The molecule has 0 N–H and O–H groups in total. The molecule has 6 heteroatoms. The minimum absolute atomic E-state index is 0.0471. The van der Waals surface area contributed by atoms with Crippen LogP contribution in [0.25, 0.3) is 0 Å². The highest BCUT2D eigenvalue weighted by molar-refractivity contribution is 7.82. The van der Waals surface area contributed by atoms with Crippen molar-refractivity contribution < 1.29 is 4.79 Å². The molecule has 0 aliphatic rings. The average molecular weight is 420 g/mol. The van der Waals surface area contributed by atoms with Gasteiger partial charge in [-0.15, -0.1) is 0 Å². The Kier molecular flexibility index (Phi) is 6.38. The normalized spacial score (nSPS) is 12.7. The van der Waals surface area contributed by atoms with Gasteiger partial charge >= 0.3 is 0 Å². The summed E-state index contributed by atoms with van der Waals surface area (Å²) in [5, 5.41) is 0. The molecule has 2 rings (SSSR count). The van der Waals surface area contributed by atoms with Crippen LogP contribution in [0.5, 0.6) is 0 Å². The van der Waals surface area contributed by atoms with Gasteiger partial charge in [-0.25, -0.2) is 0 Å². The Morgan fingerprint density at radius 3 is 1.65 bits per heavy atom. The second kappa shape index (κ2) is 7.84. The number of benzene rings is 2. The molecule has 0 heterocycles. The summed E-state index contributed by atoms with van der Waals surface area (Å²) in [6.45, 7) is 14.3. The lowest BCUT2D eigenvalue weighted by atomic mass is 10.2. The van der Waals surface area contributed by atoms with Gasteiger partial charge in [0.2, 0.25) is 0 Å². The topological polar surface area (TPSA) is 20.3 Å². The van der Waals surface area contributed by atoms with Crippen LogP contribution in [-0.4, -0.2) is 33.7 Å². The molecule has 26 heavy (non-hydrogen) atoms. The fourth-order valence-corrected chi connectivity index (χ4v) is 38.6. The molecule has 1 amide bonds. The van der Waals surface area contributed by atoms with Gasteiger partial charge in [0.1, 0.15) is 0 Å². The molecular formula is C20H30ClNOSi3. The predicted molar refractivity (Wildman–Crippen MR) is 123 cm³/mol. The van der Waals surface area contributed by atoms with Gasteiger partial charge < -0.3 is 4.90 Å². The lowest BCUT2D eigenvalue weighted by Crippen LogP contribution is -2.73. The number of para-hydroxylation sites is 1. The van der Waals surface area contributed by atoms with E-state index in [1.165, 1.54) is 0 Å². The molecule has 140 valence electrons. The van der Waals surface area contributed by atoms with Crippen LogP contribution >= 0.6 is 11.1 Å². The van der Waals surface area contributed by atoms with E-state index in [0.717, 1.165) is 11.3 Å². The van der Waals surface area contributed by atoms with Crippen LogP contribution < -0.4 is 4.90 Å². The quantitative estimate of drug-likeness (QED) is 0.422. The Morgan fingerprint density at radius 1 is 0.808 bits per heavy atom. The van der Waals surface area contributed by atoms with Crippen molar-refractivity contribution in [1.82, 2.24) is 0 Å². The maximum absolute atomic E-state index is 13.4. The molecule has 0 aliphatic heterocycles. The molecule has 0 saturated carbocycles. The van der Waals surface area contributed by atoms with Gasteiger partial charge in [-0.3, -0.25) is 4.79 Å². The van der Waals surface area contributed by atoms with Crippen LogP contribution in [0.4, 0.5) is 5.69 Å². The molecule has 0 radical (unpaired) electrons. The van der Waals surface area contributed by atoms with Gasteiger partial charge in [0, 0.05) is 17.4 Å². The van der Waals surface area contributed by atoms with Crippen LogP contribution in [0.15, 0.2) is 60.7 Å². The molecule has 0 unspecified atom stereocenters. The summed E-state index contributed by atoms with van der Waals surface area (Å²) in [5.74, 6) is 0.0471. The molecule has 0 spiro atoms. The monoisotopic (exact) mass is 419 g/mol.